The van der Waals surface area contributed by atoms with Gasteiger partial charge < -0.3 is 10.1 Å². The Morgan fingerprint density at radius 3 is 2.62 bits per heavy atom. The number of nitrogens with one attached hydrogen (secondary N) is 1. The zero-order chi connectivity index (χ0) is 12.2. The molecule has 0 aromatic heterocycles. The molecule has 0 bridgehead atoms. The number of sulfone groups is 1. The molecule has 0 saturated heterocycles. The molecule has 0 radical (unpaired) electrons. The smallest absolute Gasteiger partial charge is 0.179 e. The lowest BCUT2D eigenvalue weighted by molar-refractivity contribution is 0.385. The first-order chi connectivity index (χ1) is 7.51. The summed E-state index contributed by atoms with van der Waals surface area (Å²) in [5, 5.41) is 2.73. The Labute approximate surface area is 94.3 Å². The minimum absolute atomic E-state index is 0.0268. The highest BCUT2D eigenvalue weighted by atomic mass is 32.2. The second-order valence-electron chi connectivity index (χ2n) is 3.22. The fraction of sp³-hybridized carbons (Fsp3) is 0.400. The van der Waals surface area contributed by atoms with Crippen LogP contribution in [0.3, 0.4) is 0 Å². The number of ether oxygens (including phenoxy) is 1. The van der Waals surface area contributed by atoms with Crippen LogP contribution in [0.1, 0.15) is 0 Å². The molecule has 0 aliphatic heterocycles. The summed E-state index contributed by atoms with van der Waals surface area (Å²) < 4.78 is 41.4. The molecule has 0 unspecified atom stereocenters. The van der Waals surface area contributed by atoms with E-state index in [2.05, 4.69) is 5.32 Å². The van der Waals surface area contributed by atoms with Crippen LogP contribution in [-0.2, 0) is 9.84 Å². The summed E-state index contributed by atoms with van der Waals surface area (Å²) in [4.78, 5) is -0.0268. The van der Waals surface area contributed by atoms with Crippen LogP contribution in [0.25, 0.3) is 0 Å². The SMILES string of the molecule is CNCCS(=O)(=O)c1ccc(OC)c(F)c1. The van der Waals surface area contributed by atoms with Crippen molar-refractivity contribution in [2.24, 2.45) is 0 Å². The molecule has 16 heavy (non-hydrogen) atoms. The van der Waals surface area contributed by atoms with Crippen molar-refractivity contribution < 1.29 is 17.5 Å². The van der Waals surface area contributed by atoms with E-state index in [1.54, 1.807) is 7.05 Å². The monoisotopic (exact) mass is 247 g/mol. The Hall–Kier alpha value is -1.14. The molecule has 1 aromatic carbocycles. The molecule has 0 spiro atoms. The number of hydrogen-bond donors (Lipinski definition) is 1. The second kappa shape index (κ2) is 5.27. The van der Waals surface area contributed by atoms with E-state index in [0.717, 1.165) is 6.07 Å². The van der Waals surface area contributed by atoms with E-state index in [0.29, 0.717) is 6.54 Å². The average molecular weight is 247 g/mol. The van der Waals surface area contributed by atoms with Crippen LogP contribution in [0.15, 0.2) is 23.1 Å². The summed E-state index contributed by atoms with van der Waals surface area (Å²) in [5.74, 6) is -0.699. The van der Waals surface area contributed by atoms with Crippen molar-refractivity contribution in [1.29, 1.82) is 0 Å². The first kappa shape index (κ1) is 12.9. The van der Waals surface area contributed by atoms with Crippen LogP contribution in [0.2, 0.25) is 0 Å². The minimum Gasteiger partial charge on any atom is -0.494 e. The van der Waals surface area contributed by atoms with Crippen molar-refractivity contribution in [3.8, 4) is 5.75 Å². The second-order valence-corrected chi connectivity index (χ2v) is 5.33. The summed E-state index contributed by atoms with van der Waals surface area (Å²) in [6, 6.07) is 3.62. The molecule has 1 aromatic rings. The maximum absolute atomic E-state index is 13.3. The third-order valence-electron chi connectivity index (χ3n) is 2.10. The van der Waals surface area contributed by atoms with Crippen molar-refractivity contribution in [3.05, 3.63) is 24.0 Å². The molecule has 0 saturated carbocycles. The van der Waals surface area contributed by atoms with Gasteiger partial charge in [0.15, 0.2) is 21.4 Å². The van der Waals surface area contributed by atoms with Gasteiger partial charge >= 0.3 is 0 Å². The van der Waals surface area contributed by atoms with Gasteiger partial charge in [-0.3, -0.25) is 0 Å². The van der Waals surface area contributed by atoms with Gasteiger partial charge in [-0.2, -0.15) is 0 Å². The Kier molecular flexibility index (Phi) is 4.26. The molecular weight excluding hydrogens is 233 g/mol. The minimum atomic E-state index is -3.43. The normalized spacial score (nSPS) is 11.4. The van der Waals surface area contributed by atoms with E-state index in [1.807, 2.05) is 0 Å². The van der Waals surface area contributed by atoms with E-state index >= 15 is 0 Å². The van der Waals surface area contributed by atoms with Crippen molar-refractivity contribution in [1.82, 2.24) is 5.32 Å². The maximum atomic E-state index is 13.3. The van der Waals surface area contributed by atoms with Crippen molar-refractivity contribution >= 4 is 9.84 Å². The summed E-state index contributed by atoms with van der Waals surface area (Å²) in [5.41, 5.74) is 0. The molecule has 90 valence electrons. The topological polar surface area (TPSA) is 55.4 Å². The van der Waals surface area contributed by atoms with Gasteiger partial charge in [0.05, 0.1) is 17.8 Å². The third-order valence-corrected chi connectivity index (χ3v) is 3.82. The fourth-order valence-electron chi connectivity index (χ4n) is 1.19. The number of hydrogen-bond acceptors (Lipinski definition) is 4. The highest BCUT2D eigenvalue weighted by molar-refractivity contribution is 7.91. The van der Waals surface area contributed by atoms with Crippen LogP contribution in [0, 0.1) is 5.82 Å². The largest absolute Gasteiger partial charge is 0.494 e. The molecule has 0 aliphatic rings. The quantitative estimate of drug-likeness (QED) is 0.837. The van der Waals surface area contributed by atoms with E-state index in [1.165, 1.54) is 19.2 Å². The van der Waals surface area contributed by atoms with Crippen LogP contribution < -0.4 is 10.1 Å². The Morgan fingerprint density at radius 1 is 1.44 bits per heavy atom. The number of methoxy groups -OCH3 is 1. The van der Waals surface area contributed by atoms with Gasteiger partial charge in [-0.25, -0.2) is 12.8 Å². The lowest BCUT2D eigenvalue weighted by atomic mass is 10.3. The van der Waals surface area contributed by atoms with E-state index in [9.17, 15) is 12.8 Å². The lowest BCUT2D eigenvalue weighted by Gasteiger charge is -2.06. The van der Waals surface area contributed by atoms with Crippen molar-refractivity contribution in [2.75, 3.05) is 26.5 Å². The summed E-state index contributed by atoms with van der Waals surface area (Å²) in [7, 11) is -0.444. The van der Waals surface area contributed by atoms with Crippen LogP contribution >= 0.6 is 0 Å². The van der Waals surface area contributed by atoms with Gasteiger partial charge in [0, 0.05) is 6.54 Å². The van der Waals surface area contributed by atoms with Crippen LogP contribution in [0.5, 0.6) is 5.75 Å². The van der Waals surface area contributed by atoms with Gasteiger partial charge in [-0.1, -0.05) is 0 Å². The van der Waals surface area contributed by atoms with Gasteiger partial charge in [0.2, 0.25) is 0 Å². The highest BCUT2D eigenvalue weighted by Gasteiger charge is 2.16. The predicted molar refractivity (Wildman–Crippen MR) is 58.9 cm³/mol. The fourth-order valence-corrected chi connectivity index (χ4v) is 2.46. The van der Waals surface area contributed by atoms with E-state index in [-0.39, 0.29) is 16.4 Å². The molecule has 0 fully saturated rings. The van der Waals surface area contributed by atoms with Gasteiger partial charge in [-0.05, 0) is 25.2 Å². The molecule has 0 atom stereocenters. The summed E-state index contributed by atoms with van der Waals surface area (Å²) >= 11 is 0. The lowest BCUT2D eigenvalue weighted by Crippen LogP contribution is -2.19. The third kappa shape index (κ3) is 2.93. The average Bonchev–Trinajstić information content (AvgIpc) is 2.26. The first-order valence-corrected chi connectivity index (χ1v) is 6.37. The predicted octanol–water partition coefficient (Wildman–Crippen LogP) is 0.827. The van der Waals surface area contributed by atoms with Gasteiger partial charge in [0.1, 0.15) is 0 Å². The standard InChI is InChI=1S/C10H14FNO3S/c1-12-5-6-16(13,14)8-3-4-10(15-2)9(11)7-8/h3-4,7,12H,5-6H2,1-2H3. The van der Waals surface area contributed by atoms with Gasteiger partial charge in [0.25, 0.3) is 0 Å². The maximum Gasteiger partial charge on any atom is 0.179 e. The van der Waals surface area contributed by atoms with Crippen LogP contribution in [-0.4, -0.2) is 34.9 Å². The number of benzene rings is 1. The first-order valence-electron chi connectivity index (χ1n) is 4.72. The molecule has 1 rings (SSSR count). The molecule has 1 N–H and O–H groups in total. The Balaban J connectivity index is 3.01. The Bertz CT molecular complexity index is 459. The van der Waals surface area contributed by atoms with Gasteiger partial charge in [-0.15, -0.1) is 0 Å². The molecule has 6 heteroatoms. The van der Waals surface area contributed by atoms with Crippen molar-refractivity contribution in [2.45, 2.75) is 4.90 Å². The Morgan fingerprint density at radius 2 is 2.12 bits per heavy atom. The molecular formula is C10H14FNO3S. The number of rotatable bonds is 5. The van der Waals surface area contributed by atoms with Crippen LogP contribution in [0.4, 0.5) is 4.39 Å². The molecule has 0 heterocycles. The molecule has 0 amide bonds. The summed E-state index contributed by atoms with van der Waals surface area (Å²) in [6.45, 7) is 0.329. The summed E-state index contributed by atoms with van der Waals surface area (Å²) in [6.07, 6.45) is 0. The zero-order valence-corrected chi connectivity index (χ0v) is 9.97. The van der Waals surface area contributed by atoms with E-state index in [4.69, 9.17) is 4.74 Å². The molecule has 4 nitrogen and oxygen atoms in total. The zero-order valence-electron chi connectivity index (χ0n) is 9.16. The number of halogens is 1. The van der Waals surface area contributed by atoms with Crippen molar-refractivity contribution in [3.63, 3.8) is 0 Å². The molecule has 0 aliphatic carbocycles. The highest BCUT2D eigenvalue weighted by Crippen LogP contribution is 2.21. The van der Waals surface area contributed by atoms with E-state index < -0.39 is 15.7 Å².